The third kappa shape index (κ3) is 4.18. The van der Waals surface area contributed by atoms with Crippen LogP contribution < -0.4 is 10.6 Å². The molecule has 6 nitrogen and oxygen atoms in total. The average molecular weight is 344 g/mol. The first-order chi connectivity index (χ1) is 11.6. The van der Waals surface area contributed by atoms with Gasteiger partial charge in [0.1, 0.15) is 5.69 Å². The standard InChI is InChI=1S/C17H20N4O2S/c1-12(22)19-17-20-15(11-24-17)16(23)18-7-9-21-8-6-13-4-2-3-5-14(13)10-21/h2-5,11H,6-10H2,1H3,(H,18,23)(H,19,20,22). The van der Waals surface area contributed by atoms with Crippen LogP contribution >= 0.6 is 11.3 Å². The first-order valence-electron chi connectivity index (χ1n) is 7.92. The highest BCUT2D eigenvalue weighted by atomic mass is 32.1. The van der Waals surface area contributed by atoms with Crippen LogP contribution in [0, 0.1) is 0 Å². The second-order valence-electron chi connectivity index (χ2n) is 5.77. The number of thiazole rings is 1. The van der Waals surface area contributed by atoms with E-state index in [4.69, 9.17) is 0 Å². The molecule has 126 valence electrons. The largest absolute Gasteiger partial charge is 0.349 e. The minimum absolute atomic E-state index is 0.193. The van der Waals surface area contributed by atoms with Crippen LogP contribution in [0.15, 0.2) is 29.6 Å². The van der Waals surface area contributed by atoms with Gasteiger partial charge in [-0.2, -0.15) is 0 Å². The van der Waals surface area contributed by atoms with Crippen molar-refractivity contribution < 1.29 is 9.59 Å². The lowest BCUT2D eigenvalue weighted by molar-refractivity contribution is -0.114. The summed E-state index contributed by atoms with van der Waals surface area (Å²) < 4.78 is 0. The van der Waals surface area contributed by atoms with Crippen molar-refractivity contribution in [2.75, 3.05) is 25.0 Å². The Kier molecular flexibility index (Phi) is 5.22. The smallest absolute Gasteiger partial charge is 0.270 e. The zero-order chi connectivity index (χ0) is 16.9. The van der Waals surface area contributed by atoms with Crippen molar-refractivity contribution >= 4 is 28.3 Å². The third-order valence-corrected chi connectivity index (χ3v) is 4.70. The normalized spacial score (nSPS) is 14.0. The van der Waals surface area contributed by atoms with Gasteiger partial charge in [0.05, 0.1) is 0 Å². The zero-order valence-electron chi connectivity index (χ0n) is 13.5. The molecular weight excluding hydrogens is 324 g/mol. The summed E-state index contributed by atoms with van der Waals surface area (Å²) in [4.78, 5) is 29.5. The zero-order valence-corrected chi connectivity index (χ0v) is 14.4. The summed E-state index contributed by atoms with van der Waals surface area (Å²) in [6.07, 6.45) is 1.05. The number of carbonyl (C=O) groups excluding carboxylic acids is 2. The predicted molar refractivity (Wildman–Crippen MR) is 94.2 cm³/mol. The van der Waals surface area contributed by atoms with Gasteiger partial charge in [0.2, 0.25) is 5.91 Å². The number of benzene rings is 1. The molecule has 0 aliphatic carbocycles. The van der Waals surface area contributed by atoms with Crippen LogP contribution in [0.5, 0.6) is 0 Å². The molecule has 0 radical (unpaired) electrons. The molecule has 1 aliphatic heterocycles. The molecule has 0 saturated carbocycles. The number of fused-ring (bicyclic) bond motifs is 1. The van der Waals surface area contributed by atoms with Crippen molar-refractivity contribution in [1.82, 2.24) is 15.2 Å². The monoisotopic (exact) mass is 344 g/mol. The second kappa shape index (κ2) is 7.55. The van der Waals surface area contributed by atoms with Gasteiger partial charge in [0.15, 0.2) is 5.13 Å². The van der Waals surface area contributed by atoms with Gasteiger partial charge in [-0.1, -0.05) is 24.3 Å². The van der Waals surface area contributed by atoms with Crippen LogP contribution in [-0.4, -0.2) is 41.3 Å². The lowest BCUT2D eigenvalue weighted by atomic mass is 10.00. The van der Waals surface area contributed by atoms with Crippen molar-refractivity contribution in [3.8, 4) is 0 Å². The Morgan fingerprint density at radius 3 is 2.88 bits per heavy atom. The highest BCUT2D eigenvalue weighted by Gasteiger charge is 2.16. The van der Waals surface area contributed by atoms with Crippen LogP contribution in [0.1, 0.15) is 28.5 Å². The number of carbonyl (C=O) groups is 2. The summed E-state index contributed by atoms with van der Waals surface area (Å²) in [5.41, 5.74) is 3.13. The first kappa shape index (κ1) is 16.6. The highest BCUT2D eigenvalue weighted by Crippen LogP contribution is 2.18. The Balaban J connectivity index is 1.46. The van der Waals surface area contributed by atoms with Crippen LogP contribution in [0.25, 0.3) is 0 Å². The highest BCUT2D eigenvalue weighted by molar-refractivity contribution is 7.14. The van der Waals surface area contributed by atoms with E-state index in [0.29, 0.717) is 17.4 Å². The van der Waals surface area contributed by atoms with Gasteiger partial charge in [0.25, 0.3) is 5.91 Å². The van der Waals surface area contributed by atoms with E-state index in [1.165, 1.54) is 29.4 Å². The van der Waals surface area contributed by atoms with Crippen LogP contribution in [-0.2, 0) is 17.8 Å². The molecule has 2 heterocycles. The fraction of sp³-hybridized carbons (Fsp3) is 0.353. The predicted octanol–water partition coefficient (Wildman–Crippen LogP) is 1.89. The molecule has 24 heavy (non-hydrogen) atoms. The van der Waals surface area contributed by atoms with Gasteiger partial charge >= 0.3 is 0 Å². The van der Waals surface area contributed by atoms with Crippen molar-refractivity contribution in [1.29, 1.82) is 0 Å². The maximum absolute atomic E-state index is 12.1. The van der Waals surface area contributed by atoms with E-state index in [9.17, 15) is 9.59 Å². The van der Waals surface area contributed by atoms with Gasteiger partial charge in [0, 0.05) is 38.5 Å². The minimum atomic E-state index is -0.208. The van der Waals surface area contributed by atoms with E-state index >= 15 is 0 Å². The summed E-state index contributed by atoms with van der Waals surface area (Å²) in [6.45, 7) is 4.74. The summed E-state index contributed by atoms with van der Waals surface area (Å²) in [5, 5.41) is 7.56. The van der Waals surface area contributed by atoms with Gasteiger partial charge in [-0.3, -0.25) is 14.5 Å². The Labute approximate surface area is 144 Å². The molecule has 0 fully saturated rings. The lowest BCUT2D eigenvalue weighted by Crippen LogP contribution is -2.37. The number of nitrogens with one attached hydrogen (secondary N) is 2. The molecule has 7 heteroatoms. The van der Waals surface area contributed by atoms with Crippen molar-refractivity contribution in [3.63, 3.8) is 0 Å². The number of amides is 2. The fourth-order valence-electron chi connectivity index (χ4n) is 2.75. The van der Waals surface area contributed by atoms with Crippen molar-refractivity contribution in [3.05, 3.63) is 46.5 Å². The van der Waals surface area contributed by atoms with E-state index in [0.717, 1.165) is 26.1 Å². The van der Waals surface area contributed by atoms with E-state index in [1.807, 2.05) is 0 Å². The molecule has 2 aromatic rings. The van der Waals surface area contributed by atoms with Crippen LogP contribution in [0.2, 0.25) is 0 Å². The van der Waals surface area contributed by atoms with E-state index in [-0.39, 0.29) is 11.8 Å². The Hall–Kier alpha value is -2.25. The molecule has 2 N–H and O–H groups in total. The maximum atomic E-state index is 12.1. The van der Waals surface area contributed by atoms with Gasteiger partial charge in [-0.15, -0.1) is 11.3 Å². The number of nitrogens with zero attached hydrogens (tertiary/aromatic N) is 2. The van der Waals surface area contributed by atoms with Crippen LogP contribution in [0.4, 0.5) is 5.13 Å². The molecule has 0 atom stereocenters. The fourth-order valence-corrected chi connectivity index (χ4v) is 3.49. The topological polar surface area (TPSA) is 74.3 Å². The second-order valence-corrected chi connectivity index (χ2v) is 6.63. The van der Waals surface area contributed by atoms with E-state index < -0.39 is 0 Å². The molecule has 0 saturated heterocycles. The molecular formula is C17H20N4O2S. The van der Waals surface area contributed by atoms with Crippen molar-refractivity contribution in [2.45, 2.75) is 19.9 Å². The summed E-state index contributed by atoms with van der Waals surface area (Å²) in [5.74, 6) is -0.401. The van der Waals surface area contributed by atoms with Gasteiger partial charge in [-0.05, 0) is 17.5 Å². The number of hydrogen-bond donors (Lipinski definition) is 2. The van der Waals surface area contributed by atoms with E-state index in [1.54, 1.807) is 5.38 Å². The summed E-state index contributed by atoms with van der Waals surface area (Å²) in [7, 11) is 0. The number of rotatable bonds is 5. The molecule has 1 aliphatic rings. The SMILES string of the molecule is CC(=O)Nc1nc(C(=O)NCCN2CCc3ccccc3C2)cs1. The van der Waals surface area contributed by atoms with Gasteiger partial charge < -0.3 is 10.6 Å². The van der Waals surface area contributed by atoms with E-state index in [2.05, 4.69) is 44.8 Å². The van der Waals surface area contributed by atoms with Gasteiger partial charge in [-0.25, -0.2) is 4.98 Å². The Morgan fingerprint density at radius 2 is 2.08 bits per heavy atom. The third-order valence-electron chi connectivity index (χ3n) is 3.94. The Bertz CT molecular complexity index is 744. The minimum Gasteiger partial charge on any atom is -0.349 e. The average Bonchev–Trinajstić information content (AvgIpc) is 3.02. The maximum Gasteiger partial charge on any atom is 0.270 e. The molecule has 2 amide bonds. The lowest BCUT2D eigenvalue weighted by Gasteiger charge is -2.28. The molecule has 0 unspecified atom stereocenters. The molecule has 0 spiro atoms. The molecule has 1 aromatic carbocycles. The Morgan fingerprint density at radius 1 is 1.29 bits per heavy atom. The number of hydrogen-bond acceptors (Lipinski definition) is 5. The van der Waals surface area contributed by atoms with Crippen LogP contribution in [0.3, 0.4) is 0 Å². The quantitative estimate of drug-likeness (QED) is 0.869. The number of aromatic nitrogens is 1. The van der Waals surface area contributed by atoms with Crippen molar-refractivity contribution in [2.24, 2.45) is 0 Å². The summed E-state index contributed by atoms with van der Waals surface area (Å²) >= 11 is 1.25. The summed E-state index contributed by atoms with van der Waals surface area (Å²) in [6, 6.07) is 8.50. The molecule has 0 bridgehead atoms. The first-order valence-corrected chi connectivity index (χ1v) is 8.80. The molecule has 1 aromatic heterocycles. The molecule has 3 rings (SSSR count). The number of anilines is 1.